The van der Waals surface area contributed by atoms with Crippen LogP contribution in [0.3, 0.4) is 0 Å². The van der Waals surface area contributed by atoms with Crippen molar-refractivity contribution in [2.24, 2.45) is 11.8 Å². The lowest BCUT2D eigenvalue weighted by atomic mass is 9.75. The molecule has 1 aliphatic carbocycles. The molecule has 0 N–H and O–H groups in total. The summed E-state index contributed by atoms with van der Waals surface area (Å²) in [5.41, 5.74) is 0. The Hall–Kier alpha value is -0.470. The summed E-state index contributed by atoms with van der Waals surface area (Å²) in [4.78, 5) is 4.17. The van der Waals surface area contributed by atoms with Crippen molar-refractivity contribution < 1.29 is 0 Å². The highest BCUT2D eigenvalue weighted by atomic mass is 32.2. The maximum atomic E-state index is 2.75. The van der Waals surface area contributed by atoms with E-state index in [1.54, 1.807) is 0 Å². The molecule has 1 aromatic carbocycles. The Labute approximate surface area is 134 Å². The second kappa shape index (κ2) is 8.24. The number of benzene rings is 1. The minimum Gasteiger partial charge on any atom is -0.303 e. The zero-order valence-corrected chi connectivity index (χ0v) is 14.0. The van der Waals surface area contributed by atoms with Crippen LogP contribution in [0.15, 0.2) is 35.2 Å². The number of likely N-dealkylation sites (tertiary alicyclic amines) is 1. The zero-order chi connectivity index (χ0) is 14.3. The summed E-state index contributed by atoms with van der Waals surface area (Å²) < 4.78 is 0. The molecule has 1 heterocycles. The molecule has 1 saturated carbocycles. The van der Waals surface area contributed by atoms with Crippen LogP contribution < -0.4 is 0 Å². The average molecular weight is 304 g/mol. The molecule has 21 heavy (non-hydrogen) atoms. The summed E-state index contributed by atoms with van der Waals surface area (Å²) >= 11 is 2.01. The topological polar surface area (TPSA) is 3.24 Å². The smallest absolute Gasteiger partial charge is 0.00719 e. The highest BCUT2D eigenvalue weighted by molar-refractivity contribution is 7.99. The van der Waals surface area contributed by atoms with Gasteiger partial charge in [-0.2, -0.15) is 0 Å². The Kier molecular flexibility index (Phi) is 6.05. The molecule has 2 aliphatic rings. The first kappa shape index (κ1) is 15.4. The molecule has 2 atom stereocenters. The van der Waals surface area contributed by atoms with Crippen LogP contribution in [0.5, 0.6) is 0 Å². The van der Waals surface area contributed by atoms with Crippen LogP contribution >= 0.6 is 11.8 Å². The van der Waals surface area contributed by atoms with Gasteiger partial charge in [-0.15, -0.1) is 11.8 Å². The van der Waals surface area contributed by atoms with Crippen LogP contribution in [0.25, 0.3) is 0 Å². The lowest BCUT2D eigenvalue weighted by Gasteiger charge is -2.41. The summed E-state index contributed by atoms with van der Waals surface area (Å²) in [5, 5.41) is 0. The van der Waals surface area contributed by atoms with Gasteiger partial charge >= 0.3 is 0 Å². The number of fused-ring (bicyclic) bond motifs is 1. The van der Waals surface area contributed by atoms with E-state index in [0.29, 0.717) is 0 Å². The maximum absolute atomic E-state index is 2.75. The number of rotatable bonds is 6. The molecule has 1 aliphatic heterocycles. The lowest BCUT2D eigenvalue weighted by molar-refractivity contribution is 0.0861. The third kappa shape index (κ3) is 4.75. The lowest BCUT2D eigenvalue weighted by Crippen LogP contribution is -2.42. The zero-order valence-electron chi connectivity index (χ0n) is 13.2. The monoisotopic (exact) mass is 303 g/mol. The Morgan fingerprint density at radius 3 is 2.62 bits per heavy atom. The van der Waals surface area contributed by atoms with E-state index in [2.05, 4.69) is 35.2 Å². The van der Waals surface area contributed by atoms with E-state index in [9.17, 15) is 0 Å². The fourth-order valence-electron chi connectivity index (χ4n) is 4.02. The van der Waals surface area contributed by atoms with Crippen LogP contribution in [-0.4, -0.2) is 30.3 Å². The Morgan fingerprint density at radius 2 is 1.76 bits per heavy atom. The van der Waals surface area contributed by atoms with Crippen LogP contribution in [0, 0.1) is 11.8 Å². The molecule has 116 valence electrons. The molecule has 0 aromatic heterocycles. The average Bonchev–Trinajstić information content (AvgIpc) is 2.55. The fraction of sp³-hybridized carbons (Fsp3) is 0.684. The number of nitrogens with zero attached hydrogens (tertiary/aromatic N) is 1. The third-order valence-corrected chi connectivity index (χ3v) is 6.35. The van der Waals surface area contributed by atoms with E-state index >= 15 is 0 Å². The number of thioether (sulfide) groups is 1. The molecular formula is C19H29NS. The highest BCUT2D eigenvalue weighted by Gasteiger charge is 2.30. The van der Waals surface area contributed by atoms with Gasteiger partial charge in [-0.25, -0.2) is 0 Å². The van der Waals surface area contributed by atoms with Gasteiger partial charge in [0.05, 0.1) is 0 Å². The molecule has 1 aromatic rings. The molecule has 1 saturated heterocycles. The van der Waals surface area contributed by atoms with Gasteiger partial charge in [-0.1, -0.05) is 37.5 Å². The first-order valence-electron chi connectivity index (χ1n) is 8.82. The molecule has 1 nitrogen and oxygen atoms in total. The third-order valence-electron chi connectivity index (χ3n) is 5.26. The van der Waals surface area contributed by atoms with Crippen LogP contribution in [0.1, 0.15) is 44.9 Å². The van der Waals surface area contributed by atoms with Crippen molar-refractivity contribution in [3.05, 3.63) is 30.3 Å². The van der Waals surface area contributed by atoms with Gasteiger partial charge in [0.2, 0.25) is 0 Å². The summed E-state index contributed by atoms with van der Waals surface area (Å²) in [5.74, 6) is 3.37. The van der Waals surface area contributed by atoms with E-state index in [1.165, 1.54) is 75.2 Å². The summed E-state index contributed by atoms with van der Waals surface area (Å²) in [7, 11) is 0. The first-order valence-corrected chi connectivity index (χ1v) is 9.80. The van der Waals surface area contributed by atoms with Gasteiger partial charge in [0.15, 0.2) is 0 Å². The Morgan fingerprint density at radius 1 is 0.952 bits per heavy atom. The minimum atomic E-state index is 1.03. The Balaban J connectivity index is 1.29. The van der Waals surface area contributed by atoms with Crippen molar-refractivity contribution in [3.63, 3.8) is 0 Å². The second-order valence-electron chi connectivity index (χ2n) is 6.76. The van der Waals surface area contributed by atoms with Crippen molar-refractivity contribution in [2.75, 3.05) is 25.4 Å². The molecular weight excluding hydrogens is 274 g/mol. The van der Waals surface area contributed by atoms with Crippen molar-refractivity contribution >= 4 is 11.8 Å². The normalized spacial score (nSPS) is 26.5. The number of piperidine rings is 1. The molecule has 0 amide bonds. The van der Waals surface area contributed by atoms with E-state index in [-0.39, 0.29) is 0 Å². The van der Waals surface area contributed by atoms with Gasteiger partial charge < -0.3 is 4.90 Å². The second-order valence-corrected chi connectivity index (χ2v) is 7.93. The molecule has 3 rings (SSSR count). The maximum Gasteiger partial charge on any atom is 0.00719 e. The number of hydrogen-bond donors (Lipinski definition) is 0. The van der Waals surface area contributed by atoms with E-state index in [4.69, 9.17) is 0 Å². The van der Waals surface area contributed by atoms with Gasteiger partial charge in [0.25, 0.3) is 0 Å². The number of hydrogen-bond acceptors (Lipinski definition) is 2. The molecule has 0 bridgehead atoms. The number of unbranched alkanes of at least 4 members (excludes halogenated alkanes) is 1. The van der Waals surface area contributed by atoms with Gasteiger partial charge in [0.1, 0.15) is 0 Å². The largest absolute Gasteiger partial charge is 0.303 e. The van der Waals surface area contributed by atoms with Crippen LogP contribution in [-0.2, 0) is 0 Å². The highest BCUT2D eigenvalue weighted by Crippen LogP contribution is 2.36. The summed E-state index contributed by atoms with van der Waals surface area (Å²) in [6.45, 7) is 4.10. The van der Waals surface area contributed by atoms with Gasteiger partial charge in [-0.3, -0.25) is 0 Å². The fourth-order valence-corrected chi connectivity index (χ4v) is 4.96. The van der Waals surface area contributed by atoms with Crippen LogP contribution in [0.4, 0.5) is 0 Å². The Bertz CT molecular complexity index is 405. The van der Waals surface area contributed by atoms with Crippen molar-refractivity contribution in [1.82, 2.24) is 4.90 Å². The van der Waals surface area contributed by atoms with Gasteiger partial charge in [-0.05, 0) is 68.5 Å². The summed E-state index contributed by atoms with van der Waals surface area (Å²) in [6.07, 6.45) is 10.2. The van der Waals surface area contributed by atoms with Crippen molar-refractivity contribution in [3.8, 4) is 0 Å². The van der Waals surface area contributed by atoms with E-state index < -0.39 is 0 Å². The quantitative estimate of drug-likeness (QED) is 0.533. The predicted molar refractivity (Wildman–Crippen MR) is 92.9 cm³/mol. The molecule has 2 unspecified atom stereocenters. The molecule has 0 spiro atoms. The predicted octanol–water partition coefficient (Wildman–Crippen LogP) is 5.07. The first-order chi connectivity index (χ1) is 10.4. The van der Waals surface area contributed by atoms with Crippen molar-refractivity contribution in [2.45, 2.75) is 49.8 Å². The molecule has 2 heteroatoms. The SMILES string of the molecule is c1ccc(SCCCCN2CCC3CCCCC3C2)cc1. The van der Waals surface area contributed by atoms with E-state index in [0.717, 1.165) is 11.8 Å². The molecule has 2 fully saturated rings. The van der Waals surface area contributed by atoms with E-state index in [1.807, 2.05) is 11.8 Å². The standard InChI is InChI=1S/C19H29NS/c1-2-10-19(11-3-1)21-15-7-6-13-20-14-12-17-8-4-5-9-18(17)16-20/h1-3,10-11,17-18H,4-9,12-16H2. The van der Waals surface area contributed by atoms with Gasteiger partial charge in [0, 0.05) is 11.4 Å². The van der Waals surface area contributed by atoms with Crippen LogP contribution in [0.2, 0.25) is 0 Å². The minimum absolute atomic E-state index is 1.03. The summed E-state index contributed by atoms with van der Waals surface area (Å²) in [6, 6.07) is 10.8. The van der Waals surface area contributed by atoms with Crippen molar-refractivity contribution in [1.29, 1.82) is 0 Å². The molecule has 0 radical (unpaired) electrons.